The average Bonchev–Trinajstić information content (AvgIpc) is 3.39. The third-order valence-electron chi connectivity index (χ3n) is 4.49. The first-order chi connectivity index (χ1) is 15.0. The number of ether oxygens (including phenoxy) is 1. The van der Waals surface area contributed by atoms with E-state index in [2.05, 4.69) is 20.5 Å². The van der Waals surface area contributed by atoms with Gasteiger partial charge in [0.25, 0.3) is 5.91 Å². The van der Waals surface area contributed by atoms with E-state index in [0.29, 0.717) is 22.3 Å². The lowest BCUT2D eigenvalue weighted by atomic mass is 10.1. The summed E-state index contributed by atoms with van der Waals surface area (Å²) in [5.41, 5.74) is 2.49. The Kier molecular flexibility index (Phi) is 6.20. The molecular weight excluding hydrogens is 439 g/mol. The number of para-hydroxylation sites is 1. The van der Waals surface area contributed by atoms with Crippen LogP contribution in [0.25, 0.3) is 0 Å². The van der Waals surface area contributed by atoms with Gasteiger partial charge in [0, 0.05) is 6.20 Å². The molecule has 0 spiro atoms. The first kappa shape index (κ1) is 20.9. The molecule has 2 heterocycles. The van der Waals surface area contributed by atoms with Crippen molar-refractivity contribution in [3.8, 4) is 5.75 Å². The number of nitrogens with zero attached hydrogens (tertiary/aromatic N) is 5. The number of benzene rings is 2. The molecule has 0 aliphatic rings. The fraction of sp³-hybridized carbons (Fsp3) is 0.143. The van der Waals surface area contributed by atoms with Crippen LogP contribution in [0.15, 0.2) is 61.1 Å². The molecule has 0 bridgehead atoms. The van der Waals surface area contributed by atoms with Crippen LogP contribution in [0.3, 0.4) is 0 Å². The van der Waals surface area contributed by atoms with Crippen molar-refractivity contribution in [2.75, 3.05) is 5.32 Å². The van der Waals surface area contributed by atoms with E-state index < -0.39 is 5.91 Å². The van der Waals surface area contributed by atoms with Crippen LogP contribution >= 0.6 is 23.2 Å². The SMILES string of the molecule is Cc1ccccc1Cn1cnc(NC(=O)c2ccn(COc3c(Cl)cccc3Cl)n2)n1. The molecule has 158 valence electrons. The minimum absolute atomic E-state index is 0.0417. The van der Waals surface area contributed by atoms with Crippen LogP contribution in [0.2, 0.25) is 10.0 Å². The zero-order chi connectivity index (χ0) is 21.8. The summed E-state index contributed by atoms with van der Waals surface area (Å²) in [5, 5.41) is 11.9. The van der Waals surface area contributed by atoms with E-state index >= 15 is 0 Å². The van der Waals surface area contributed by atoms with Crippen molar-refractivity contribution in [1.29, 1.82) is 0 Å². The molecule has 0 aliphatic heterocycles. The van der Waals surface area contributed by atoms with Gasteiger partial charge in [-0.15, -0.1) is 5.10 Å². The Hall–Kier alpha value is -3.36. The molecule has 0 fully saturated rings. The lowest BCUT2D eigenvalue weighted by molar-refractivity contribution is 0.101. The maximum absolute atomic E-state index is 12.5. The summed E-state index contributed by atoms with van der Waals surface area (Å²) >= 11 is 12.2. The van der Waals surface area contributed by atoms with Crippen molar-refractivity contribution >= 4 is 35.1 Å². The third-order valence-corrected chi connectivity index (χ3v) is 5.08. The Bertz CT molecular complexity index is 1200. The lowest BCUT2D eigenvalue weighted by Crippen LogP contribution is -2.15. The molecule has 0 radical (unpaired) electrons. The molecule has 4 rings (SSSR count). The Labute approximate surface area is 188 Å². The average molecular weight is 457 g/mol. The van der Waals surface area contributed by atoms with E-state index in [1.165, 1.54) is 4.68 Å². The topological polar surface area (TPSA) is 86.9 Å². The summed E-state index contributed by atoms with van der Waals surface area (Å²) in [7, 11) is 0. The molecule has 0 unspecified atom stereocenters. The molecule has 0 saturated heterocycles. The highest BCUT2D eigenvalue weighted by molar-refractivity contribution is 6.37. The van der Waals surface area contributed by atoms with Crippen LogP contribution in [0.4, 0.5) is 5.95 Å². The number of amides is 1. The van der Waals surface area contributed by atoms with Crippen LogP contribution in [-0.2, 0) is 13.3 Å². The maximum Gasteiger partial charge on any atom is 0.278 e. The van der Waals surface area contributed by atoms with E-state index in [1.807, 2.05) is 31.2 Å². The van der Waals surface area contributed by atoms with E-state index in [1.54, 1.807) is 41.5 Å². The Morgan fingerprint density at radius 3 is 2.58 bits per heavy atom. The van der Waals surface area contributed by atoms with E-state index in [4.69, 9.17) is 27.9 Å². The smallest absolute Gasteiger partial charge is 0.278 e. The Morgan fingerprint density at radius 2 is 1.81 bits per heavy atom. The summed E-state index contributed by atoms with van der Waals surface area (Å²) in [6, 6.07) is 14.7. The number of hydrogen-bond acceptors (Lipinski definition) is 5. The normalized spacial score (nSPS) is 10.8. The number of halogens is 2. The molecule has 2 aromatic carbocycles. The van der Waals surface area contributed by atoms with Crippen molar-refractivity contribution in [3.63, 3.8) is 0 Å². The minimum atomic E-state index is -0.428. The highest BCUT2D eigenvalue weighted by Crippen LogP contribution is 2.32. The van der Waals surface area contributed by atoms with Crippen molar-refractivity contribution in [3.05, 3.63) is 87.9 Å². The fourth-order valence-corrected chi connectivity index (χ4v) is 3.37. The molecule has 8 nitrogen and oxygen atoms in total. The highest BCUT2D eigenvalue weighted by atomic mass is 35.5. The van der Waals surface area contributed by atoms with Crippen LogP contribution in [0.5, 0.6) is 5.75 Å². The van der Waals surface area contributed by atoms with E-state index in [-0.39, 0.29) is 18.4 Å². The monoisotopic (exact) mass is 456 g/mol. The van der Waals surface area contributed by atoms with Crippen molar-refractivity contribution in [1.82, 2.24) is 24.5 Å². The molecule has 0 saturated carbocycles. The largest absolute Gasteiger partial charge is 0.468 e. The second-order valence-corrected chi connectivity index (χ2v) is 7.53. The molecule has 0 aliphatic carbocycles. The van der Waals surface area contributed by atoms with Gasteiger partial charge in [0.15, 0.2) is 18.2 Å². The van der Waals surface area contributed by atoms with Gasteiger partial charge < -0.3 is 4.74 Å². The van der Waals surface area contributed by atoms with E-state index in [0.717, 1.165) is 11.1 Å². The van der Waals surface area contributed by atoms with Crippen molar-refractivity contribution < 1.29 is 9.53 Å². The van der Waals surface area contributed by atoms with Gasteiger partial charge in [-0.3, -0.25) is 10.1 Å². The van der Waals surface area contributed by atoms with Crippen molar-refractivity contribution in [2.24, 2.45) is 0 Å². The second kappa shape index (κ2) is 9.20. The van der Waals surface area contributed by atoms with Gasteiger partial charge >= 0.3 is 0 Å². The number of hydrogen-bond donors (Lipinski definition) is 1. The molecule has 0 atom stereocenters. The standard InChI is InChI=1S/C21H18Cl2N6O2/c1-14-5-2-3-6-15(14)11-29-12-24-21(27-29)25-20(30)18-9-10-28(26-18)13-31-19-16(22)7-4-8-17(19)23/h2-10,12H,11,13H2,1H3,(H,25,27,30). The predicted octanol–water partition coefficient (Wildman–Crippen LogP) is 4.43. The van der Waals surface area contributed by atoms with Crippen LogP contribution in [0.1, 0.15) is 21.6 Å². The number of carbonyl (C=O) groups excluding carboxylic acids is 1. The van der Waals surface area contributed by atoms with Gasteiger partial charge in [-0.2, -0.15) is 5.10 Å². The molecule has 2 aromatic heterocycles. The molecule has 10 heteroatoms. The molecule has 1 N–H and O–H groups in total. The van der Waals surface area contributed by atoms with E-state index in [9.17, 15) is 4.79 Å². The minimum Gasteiger partial charge on any atom is -0.468 e. The van der Waals surface area contributed by atoms with Crippen LogP contribution < -0.4 is 10.1 Å². The molecule has 4 aromatic rings. The number of aromatic nitrogens is 5. The number of rotatable bonds is 7. The zero-order valence-electron chi connectivity index (χ0n) is 16.5. The summed E-state index contributed by atoms with van der Waals surface area (Å²) in [4.78, 5) is 16.6. The van der Waals surface area contributed by atoms with Crippen LogP contribution in [0, 0.1) is 6.92 Å². The Balaban J connectivity index is 1.36. The summed E-state index contributed by atoms with van der Waals surface area (Å²) in [6.07, 6.45) is 3.19. The van der Waals surface area contributed by atoms with Gasteiger partial charge in [-0.05, 0) is 36.2 Å². The van der Waals surface area contributed by atoms with Gasteiger partial charge in [0.2, 0.25) is 5.95 Å². The van der Waals surface area contributed by atoms with Gasteiger partial charge in [-0.25, -0.2) is 14.3 Å². The Morgan fingerprint density at radius 1 is 1.03 bits per heavy atom. The summed E-state index contributed by atoms with van der Waals surface area (Å²) in [6.45, 7) is 2.64. The molecule has 31 heavy (non-hydrogen) atoms. The number of nitrogens with one attached hydrogen (secondary N) is 1. The maximum atomic E-state index is 12.5. The number of aryl methyl sites for hydroxylation is 1. The van der Waals surface area contributed by atoms with Gasteiger partial charge in [0.05, 0.1) is 16.6 Å². The first-order valence-electron chi connectivity index (χ1n) is 9.35. The summed E-state index contributed by atoms with van der Waals surface area (Å²) < 4.78 is 8.73. The van der Waals surface area contributed by atoms with Gasteiger partial charge in [0.1, 0.15) is 6.33 Å². The summed E-state index contributed by atoms with van der Waals surface area (Å²) in [5.74, 6) is 0.131. The predicted molar refractivity (Wildman–Crippen MR) is 118 cm³/mol. The number of anilines is 1. The van der Waals surface area contributed by atoms with Crippen LogP contribution in [-0.4, -0.2) is 30.5 Å². The highest BCUT2D eigenvalue weighted by Gasteiger charge is 2.13. The fourth-order valence-electron chi connectivity index (χ4n) is 2.86. The zero-order valence-corrected chi connectivity index (χ0v) is 18.0. The van der Waals surface area contributed by atoms with Crippen molar-refractivity contribution in [2.45, 2.75) is 20.2 Å². The second-order valence-electron chi connectivity index (χ2n) is 6.71. The third kappa shape index (κ3) is 5.04. The number of carbonyl (C=O) groups is 1. The quantitative estimate of drug-likeness (QED) is 0.444. The first-order valence-corrected chi connectivity index (χ1v) is 10.1. The molecular formula is C21H18Cl2N6O2. The van der Waals surface area contributed by atoms with Gasteiger partial charge in [-0.1, -0.05) is 53.5 Å². The molecule has 1 amide bonds. The lowest BCUT2D eigenvalue weighted by Gasteiger charge is -2.09.